The lowest BCUT2D eigenvalue weighted by Gasteiger charge is -2.06. The van der Waals surface area contributed by atoms with Crippen LogP contribution in [0.4, 0.5) is 0 Å². The Morgan fingerprint density at radius 1 is 0.950 bits per heavy atom. The van der Waals surface area contributed by atoms with E-state index in [2.05, 4.69) is 28.8 Å². The molecule has 2 aromatic carbocycles. The maximum Gasteiger partial charge on any atom is 0.247 e. The monoisotopic (exact) mass is 264 g/mol. The van der Waals surface area contributed by atoms with Gasteiger partial charge in [0.15, 0.2) is 0 Å². The Labute approximate surface area is 117 Å². The molecule has 0 atom stereocenters. The third kappa shape index (κ3) is 1.97. The summed E-state index contributed by atoms with van der Waals surface area (Å²) in [5.41, 5.74) is 2.22. The molecule has 0 bridgehead atoms. The molecule has 0 fully saturated rings. The van der Waals surface area contributed by atoms with E-state index < -0.39 is 0 Å². The Morgan fingerprint density at radius 3 is 1.95 bits per heavy atom. The minimum atomic E-state index is -0.0214. The standard InChI is InChI=1S/C17H16N2O/c1-18(2)17(20)11-12-19-15-9-5-3-7-13(15)14-8-4-6-10-16(14)19/h3-12H,1-2H3/b12-11+. The number of rotatable bonds is 2. The summed E-state index contributed by atoms with van der Waals surface area (Å²) in [4.78, 5) is 13.3. The molecule has 3 nitrogen and oxygen atoms in total. The fraction of sp³-hybridized carbons (Fsp3) is 0.118. The van der Waals surface area contributed by atoms with Gasteiger partial charge in [0.05, 0.1) is 11.0 Å². The molecule has 0 aliphatic heterocycles. The van der Waals surface area contributed by atoms with E-state index in [0.717, 1.165) is 11.0 Å². The second-order valence-corrected chi connectivity index (χ2v) is 4.95. The average Bonchev–Trinajstić information content (AvgIpc) is 2.79. The number of hydrogen-bond acceptors (Lipinski definition) is 1. The number of benzene rings is 2. The van der Waals surface area contributed by atoms with E-state index in [-0.39, 0.29) is 5.91 Å². The van der Waals surface area contributed by atoms with Crippen LogP contribution in [0, 0.1) is 0 Å². The van der Waals surface area contributed by atoms with Gasteiger partial charge in [-0.1, -0.05) is 36.4 Å². The van der Waals surface area contributed by atoms with Gasteiger partial charge in [-0.3, -0.25) is 4.79 Å². The van der Waals surface area contributed by atoms with Gasteiger partial charge in [-0.25, -0.2) is 0 Å². The fourth-order valence-electron chi connectivity index (χ4n) is 2.40. The Morgan fingerprint density at radius 2 is 1.45 bits per heavy atom. The summed E-state index contributed by atoms with van der Waals surface area (Å²) in [5, 5.41) is 2.40. The molecule has 0 aliphatic carbocycles. The molecule has 1 amide bonds. The zero-order valence-corrected chi connectivity index (χ0v) is 11.6. The fourth-order valence-corrected chi connectivity index (χ4v) is 2.40. The number of likely N-dealkylation sites (N-methyl/N-ethyl adjacent to an activating group) is 1. The van der Waals surface area contributed by atoms with E-state index in [1.54, 1.807) is 25.1 Å². The number of nitrogens with zero attached hydrogens (tertiary/aromatic N) is 2. The van der Waals surface area contributed by atoms with Crippen LogP contribution < -0.4 is 0 Å². The van der Waals surface area contributed by atoms with Gasteiger partial charge < -0.3 is 9.47 Å². The second kappa shape index (κ2) is 4.85. The summed E-state index contributed by atoms with van der Waals surface area (Å²) in [6.07, 6.45) is 3.44. The highest BCUT2D eigenvalue weighted by molar-refractivity contribution is 6.09. The van der Waals surface area contributed by atoms with Crippen molar-refractivity contribution in [3.8, 4) is 0 Å². The zero-order valence-electron chi connectivity index (χ0n) is 11.6. The lowest BCUT2D eigenvalue weighted by Crippen LogP contribution is -2.18. The van der Waals surface area contributed by atoms with E-state index in [4.69, 9.17) is 0 Å². The van der Waals surface area contributed by atoms with Crippen molar-refractivity contribution in [3.05, 3.63) is 54.6 Å². The molecule has 1 aromatic heterocycles. The molecule has 3 heteroatoms. The minimum absolute atomic E-state index is 0.0214. The van der Waals surface area contributed by atoms with Crippen molar-refractivity contribution < 1.29 is 4.79 Å². The lowest BCUT2D eigenvalue weighted by atomic mass is 10.2. The van der Waals surface area contributed by atoms with Crippen molar-refractivity contribution in [2.45, 2.75) is 0 Å². The molecule has 20 heavy (non-hydrogen) atoms. The molecule has 3 rings (SSSR count). The molecule has 0 unspecified atom stereocenters. The average molecular weight is 264 g/mol. The summed E-state index contributed by atoms with van der Waals surface area (Å²) in [6.45, 7) is 0. The summed E-state index contributed by atoms with van der Waals surface area (Å²) in [6, 6.07) is 16.4. The molecular weight excluding hydrogens is 248 g/mol. The molecule has 3 aromatic rings. The van der Waals surface area contributed by atoms with Crippen LogP contribution in [0.3, 0.4) is 0 Å². The Balaban J connectivity index is 2.24. The van der Waals surface area contributed by atoms with Crippen LogP contribution in [0.25, 0.3) is 28.0 Å². The molecule has 0 aliphatic rings. The first-order chi connectivity index (χ1) is 9.68. The number of carbonyl (C=O) groups is 1. The number of fused-ring (bicyclic) bond motifs is 3. The molecule has 0 N–H and O–H groups in total. The Kier molecular flexibility index (Phi) is 3.03. The summed E-state index contributed by atoms with van der Waals surface area (Å²) >= 11 is 0. The predicted molar refractivity (Wildman–Crippen MR) is 83.5 cm³/mol. The van der Waals surface area contributed by atoms with E-state index in [0.29, 0.717) is 0 Å². The number of hydrogen-bond donors (Lipinski definition) is 0. The first-order valence-corrected chi connectivity index (χ1v) is 6.55. The number of amides is 1. The van der Waals surface area contributed by atoms with E-state index in [9.17, 15) is 4.79 Å². The normalized spacial score (nSPS) is 11.5. The SMILES string of the molecule is CN(C)C(=O)/C=C/n1c2ccccc2c2ccccc21. The van der Waals surface area contributed by atoms with Crippen molar-refractivity contribution in [2.24, 2.45) is 0 Å². The molecule has 0 spiro atoms. The van der Waals surface area contributed by atoms with Crippen molar-refractivity contribution in [1.82, 2.24) is 9.47 Å². The quantitative estimate of drug-likeness (QED) is 0.652. The maximum absolute atomic E-state index is 11.7. The zero-order chi connectivity index (χ0) is 14.1. The Hall–Kier alpha value is -2.55. The smallest absolute Gasteiger partial charge is 0.247 e. The molecule has 1 heterocycles. The van der Waals surface area contributed by atoms with Gasteiger partial charge in [0.2, 0.25) is 5.91 Å². The largest absolute Gasteiger partial charge is 0.345 e. The molecular formula is C17H16N2O. The second-order valence-electron chi connectivity index (χ2n) is 4.95. The van der Waals surface area contributed by atoms with Crippen molar-refractivity contribution in [1.29, 1.82) is 0 Å². The molecule has 0 saturated carbocycles. The number of para-hydroxylation sites is 2. The van der Waals surface area contributed by atoms with Gasteiger partial charge in [-0.15, -0.1) is 0 Å². The van der Waals surface area contributed by atoms with E-state index in [1.807, 2.05) is 30.5 Å². The van der Waals surface area contributed by atoms with Crippen molar-refractivity contribution in [3.63, 3.8) is 0 Å². The number of carbonyl (C=O) groups excluding carboxylic acids is 1. The van der Waals surface area contributed by atoms with Gasteiger partial charge in [0, 0.05) is 37.1 Å². The van der Waals surface area contributed by atoms with Gasteiger partial charge >= 0.3 is 0 Å². The van der Waals surface area contributed by atoms with Gasteiger partial charge in [-0.05, 0) is 12.1 Å². The van der Waals surface area contributed by atoms with Crippen molar-refractivity contribution in [2.75, 3.05) is 14.1 Å². The molecule has 100 valence electrons. The van der Waals surface area contributed by atoms with Crippen LogP contribution in [-0.2, 0) is 4.79 Å². The van der Waals surface area contributed by atoms with E-state index >= 15 is 0 Å². The predicted octanol–water partition coefficient (Wildman–Crippen LogP) is 3.35. The summed E-state index contributed by atoms with van der Waals surface area (Å²) in [5.74, 6) is -0.0214. The highest BCUT2D eigenvalue weighted by atomic mass is 16.2. The topological polar surface area (TPSA) is 25.2 Å². The highest BCUT2D eigenvalue weighted by Gasteiger charge is 2.07. The van der Waals surface area contributed by atoms with Crippen LogP contribution >= 0.6 is 0 Å². The molecule has 0 radical (unpaired) electrons. The first-order valence-electron chi connectivity index (χ1n) is 6.55. The van der Waals surface area contributed by atoms with Crippen LogP contribution in [0.5, 0.6) is 0 Å². The number of aromatic nitrogens is 1. The summed E-state index contributed by atoms with van der Waals surface area (Å²) < 4.78 is 2.06. The van der Waals surface area contributed by atoms with Gasteiger partial charge in [-0.2, -0.15) is 0 Å². The minimum Gasteiger partial charge on any atom is -0.345 e. The van der Waals surface area contributed by atoms with Crippen LogP contribution in [0.1, 0.15) is 0 Å². The third-order valence-electron chi connectivity index (χ3n) is 3.42. The van der Waals surface area contributed by atoms with Crippen molar-refractivity contribution >= 4 is 33.9 Å². The van der Waals surface area contributed by atoms with Gasteiger partial charge in [0.25, 0.3) is 0 Å². The van der Waals surface area contributed by atoms with Crippen LogP contribution in [0.15, 0.2) is 54.6 Å². The summed E-state index contributed by atoms with van der Waals surface area (Å²) in [7, 11) is 3.50. The lowest BCUT2D eigenvalue weighted by molar-refractivity contribution is -0.123. The van der Waals surface area contributed by atoms with Crippen LogP contribution in [-0.4, -0.2) is 29.5 Å². The third-order valence-corrected chi connectivity index (χ3v) is 3.42. The molecule has 0 saturated heterocycles. The van der Waals surface area contributed by atoms with Gasteiger partial charge in [0.1, 0.15) is 0 Å². The first kappa shape index (κ1) is 12.5. The maximum atomic E-state index is 11.7. The highest BCUT2D eigenvalue weighted by Crippen LogP contribution is 2.28. The van der Waals surface area contributed by atoms with Crippen LogP contribution in [0.2, 0.25) is 0 Å². The van der Waals surface area contributed by atoms with E-state index in [1.165, 1.54) is 10.8 Å². The Bertz CT molecular complexity index is 759.